The quantitative estimate of drug-likeness (QED) is 0.528. The van der Waals surface area contributed by atoms with Gasteiger partial charge in [-0.25, -0.2) is 0 Å². The van der Waals surface area contributed by atoms with E-state index in [-0.39, 0.29) is 22.4 Å². The molecule has 1 aliphatic heterocycles. The first-order valence-electron chi connectivity index (χ1n) is 9.96. The molecule has 3 N–H and O–H groups in total. The van der Waals surface area contributed by atoms with Gasteiger partial charge in [0, 0.05) is 37.8 Å². The van der Waals surface area contributed by atoms with Gasteiger partial charge < -0.3 is 11.1 Å². The van der Waals surface area contributed by atoms with Crippen LogP contribution in [0.3, 0.4) is 0 Å². The number of likely N-dealkylation sites (tertiary alicyclic amines) is 1. The molecule has 154 valence electrons. The summed E-state index contributed by atoms with van der Waals surface area (Å²) in [7, 11) is 0. The zero-order valence-electron chi connectivity index (χ0n) is 16.8. The van der Waals surface area contributed by atoms with E-state index in [1.54, 1.807) is 19.1 Å². The first-order valence-corrected chi connectivity index (χ1v) is 9.96. The molecule has 7 heteroatoms. The van der Waals surface area contributed by atoms with Gasteiger partial charge in [0.05, 0.1) is 10.8 Å². The van der Waals surface area contributed by atoms with Crippen LogP contribution in [0.2, 0.25) is 0 Å². The molecular formula is C22H28N4O3. The van der Waals surface area contributed by atoms with Gasteiger partial charge in [-0.1, -0.05) is 36.4 Å². The van der Waals surface area contributed by atoms with Crippen molar-refractivity contribution in [2.75, 3.05) is 13.1 Å². The molecule has 1 unspecified atom stereocenters. The van der Waals surface area contributed by atoms with Gasteiger partial charge in [-0.3, -0.25) is 19.8 Å². The molecule has 0 radical (unpaired) electrons. The Morgan fingerprint density at radius 1 is 1.21 bits per heavy atom. The third-order valence-electron chi connectivity index (χ3n) is 5.43. The summed E-state index contributed by atoms with van der Waals surface area (Å²) in [5.74, 6) is -0.254. The molecule has 2 aromatic carbocycles. The van der Waals surface area contributed by atoms with Crippen molar-refractivity contribution in [3.63, 3.8) is 0 Å². The number of rotatable bonds is 8. The largest absolute Gasteiger partial charge is 0.369 e. The second-order valence-corrected chi connectivity index (χ2v) is 7.78. The Morgan fingerprint density at radius 2 is 1.93 bits per heavy atom. The summed E-state index contributed by atoms with van der Waals surface area (Å²) in [6, 6.07) is 13.7. The second kappa shape index (κ2) is 9.62. The minimum absolute atomic E-state index is 0.0489. The number of carbonyl (C=O) groups excluding carboxylic acids is 1. The summed E-state index contributed by atoms with van der Waals surface area (Å²) >= 11 is 0. The van der Waals surface area contributed by atoms with Crippen molar-refractivity contribution in [3.05, 3.63) is 74.8 Å². The highest BCUT2D eigenvalue weighted by Crippen LogP contribution is 2.20. The maximum Gasteiger partial charge on any atom is 0.272 e. The van der Waals surface area contributed by atoms with Crippen LogP contribution in [-0.2, 0) is 24.4 Å². The van der Waals surface area contributed by atoms with E-state index in [0.29, 0.717) is 18.7 Å². The van der Waals surface area contributed by atoms with Gasteiger partial charge >= 0.3 is 0 Å². The number of primary amides is 1. The summed E-state index contributed by atoms with van der Waals surface area (Å²) in [4.78, 5) is 24.5. The molecule has 7 nitrogen and oxygen atoms in total. The fourth-order valence-electron chi connectivity index (χ4n) is 3.84. The predicted octanol–water partition coefficient (Wildman–Crippen LogP) is 2.89. The van der Waals surface area contributed by atoms with E-state index in [1.165, 1.54) is 5.56 Å². The lowest BCUT2D eigenvalue weighted by Crippen LogP contribution is -2.40. The van der Waals surface area contributed by atoms with Gasteiger partial charge in [-0.2, -0.15) is 0 Å². The molecule has 29 heavy (non-hydrogen) atoms. The standard InChI is InChI=1S/C22H28N4O3/c1-16-7-8-18(11-21(16)26(28)29)13-24-12-17-4-2-5-19(10-17)14-25-9-3-6-20(15-25)22(23)27/h2,4-5,7-8,10-11,20,24H,3,6,9,12-15H2,1H3,(H2,23,27). The predicted molar refractivity (Wildman–Crippen MR) is 112 cm³/mol. The Kier molecular flexibility index (Phi) is 6.95. The third-order valence-corrected chi connectivity index (χ3v) is 5.43. The summed E-state index contributed by atoms with van der Waals surface area (Å²) in [6.07, 6.45) is 1.88. The maximum atomic E-state index is 11.5. The van der Waals surface area contributed by atoms with Crippen molar-refractivity contribution < 1.29 is 9.72 Å². The smallest absolute Gasteiger partial charge is 0.272 e. The highest BCUT2D eigenvalue weighted by atomic mass is 16.6. The zero-order chi connectivity index (χ0) is 20.8. The second-order valence-electron chi connectivity index (χ2n) is 7.78. The van der Waals surface area contributed by atoms with E-state index in [2.05, 4.69) is 28.4 Å². The van der Waals surface area contributed by atoms with Gasteiger partial charge in [0.15, 0.2) is 0 Å². The number of nitrogens with zero attached hydrogens (tertiary/aromatic N) is 2. The average molecular weight is 396 g/mol. The average Bonchev–Trinajstić information content (AvgIpc) is 2.69. The minimum Gasteiger partial charge on any atom is -0.369 e. The lowest BCUT2D eigenvalue weighted by molar-refractivity contribution is -0.385. The SMILES string of the molecule is Cc1ccc(CNCc2cccc(CN3CCCC(C(N)=O)C3)c2)cc1[N+](=O)[O-]. The Hall–Kier alpha value is -2.77. The molecule has 1 amide bonds. The van der Waals surface area contributed by atoms with Crippen LogP contribution in [0.4, 0.5) is 5.69 Å². The number of hydrogen-bond acceptors (Lipinski definition) is 5. The highest BCUT2D eigenvalue weighted by molar-refractivity contribution is 5.76. The van der Waals surface area contributed by atoms with Crippen LogP contribution in [0.15, 0.2) is 42.5 Å². The molecule has 1 fully saturated rings. The third kappa shape index (κ3) is 5.85. The molecule has 0 spiro atoms. The van der Waals surface area contributed by atoms with Crippen LogP contribution in [-0.4, -0.2) is 28.8 Å². The molecule has 0 saturated carbocycles. The normalized spacial score (nSPS) is 17.2. The van der Waals surface area contributed by atoms with Crippen molar-refractivity contribution >= 4 is 11.6 Å². The van der Waals surface area contributed by atoms with Crippen LogP contribution in [0.25, 0.3) is 0 Å². The van der Waals surface area contributed by atoms with E-state index in [0.717, 1.165) is 43.6 Å². The molecule has 0 aromatic heterocycles. The molecule has 0 aliphatic carbocycles. The fourth-order valence-corrected chi connectivity index (χ4v) is 3.84. The Balaban J connectivity index is 1.54. The van der Waals surface area contributed by atoms with E-state index < -0.39 is 0 Å². The first-order chi connectivity index (χ1) is 13.9. The van der Waals surface area contributed by atoms with Crippen LogP contribution >= 0.6 is 0 Å². The van der Waals surface area contributed by atoms with Crippen molar-refractivity contribution in [1.29, 1.82) is 0 Å². The number of amides is 1. The molecule has 0 bridgehead atoms. The zero-order valence-corrected chi connectivity index (χ0v) is 16.8. The number of nitro groups is 1. The molecule has 1 atom stereocenters. The highest BCUT2D eigenvalue weighted by Gasteiger charge is 2.23. The van der Waals surface area contributed by atoms with Crippen LogP contribution in [0.5, 0.6) is 0 Å². The van der Waals surface area contributed by atoms with Crippen molar-refractivity contribution in [2.45, 2.75) is 39.4 Å². The van der Waals surface area contributed by atoms with Gasteiger partial charge in [0.25, 0.3) is 5.69 Å². The number of aryl methyl sites for hydroxylation is 1. The number of nitrogens with two attached hydrogens (primary N) is 1. The number of carbonyl (C=O) groups is 1. The summed E-state index contributed by atoms with van der Waals surface area (Å²) in [5, 5.41) is 14.4. The Morgan fingerprint density at radius 3 is 2.66 bits per heavy atom. The minimum atomic E-state index is -0.342. The lowest BCUT2D eigenvalue weighted by atomic mass is 9.97. The molecule has 1 aliphatic rings. The molecular weight excluding hydrogens is 368 g/mol. The van der Waals surface area contributed by atoms with Gasteiger partial charge in [0.2, 0.25) is 5.91 Å². The van der Waals surface area contributed by atoms with Gasteiger partial charge in [-0.05, 0) is 43.0 Å². The number of piperidine rings is 1. The van der Waals surface area contributed by atoms with E-state index in [4.69, 9.17) is 5.73 Å². The monoisotopic (exact) mass is 396 g/mol. The Bertz CT molecular complexity index is 884. The van der Waals surface area contributed by atoms with E-state index in [9.17, 15) is 14.9 Å². The van der Waals surface area contributed by atoms with Crippen LogP contribution < -0.4 is 11.1 Å². The van der Waals surface area contributed by atoms with E-state index >= 15 is 0 Å². The van der Waals surface area contributed by atoms with Crippen molar-refractivity contribution in [2.24, 2.45) is 11.7 Å². The van der Waals surface area contributed by atoms with Crippen molar-refractivity contribution in [1.82, 2.24) is 10.2 Å². The van der Waals surface area contributed by atoms with Crippen LogP contribution in [0.1, 0.15) is 35.1 Å². The van der Waals surface area contributed by atoms with Crippen LogP contribution in [0, 0.1) is 23.0 Å². The van der Waals surface area contributed by atoms with E-state index in [1.807, 2.05) is 12.1 Å². The first kappa shape index (κ1) is 21.0. The fraction of sp³-hybridized carbons (Fsp3) is 0.409. The summed E-state index contributed by atoms with van der Waals surface area (Å²) in [6.45, 7) is 5.51. The maximum absolute atomic E-state index is 11.5. The number of hydrogen-bond donors (Lipinski definition) is 2. The number of nitrogens with one attached hydrogen (secondary N) is 1. The molecule has 1 heterocycles. The number of benzene rings is 2. The topological polar surface area (TPSA) is 102 Å². The Labute approximate surface area is 171 Å². The van der Waals surface area contributed by atoms with Crippen molar-refractivity contribution in [3.8, 4) is 0 Å². The summed E-state index contributed by atoms with van der Waals surface area (Å²) in [5.41, 5.74) is 9.56. The summed E-state index contributed by atoms with van der Waals surface area (Å²) < 4.78 is 0. The molecule has 3 rings (SSSR count). The number of nitro benzene ring substituents is 1. The van der Waals surface area contributed by atoms with Gasteiger partial charge in [0.1, 0.15) is 0 Å². The lowest BCUT2D eigenvalue weighted by Gasteiger charge is -2.31. The molecule has 2 aromatic rings. The van der Waals surface area contributed by atoms with Gasteiger partial charge in [-0.15, -0.1) is 0 Å². The molecule has 1 saturated heterocycles.